The van der Waals surface area contributed by atoms with E-state index >= 15 is 0 Å². The van der Waals surface area contributed by atoms with Crippen molar-refractivity contribution in [3.05, 3.63) is 28.8 Å². The van der Waals surface area contributed by atoms with Gasteiger partial charge >= 0.3 is 6.03 Å². The molecule has 0 bridgehead atoms. The number of urea groups is 1. The molecular formula is C21H32ClN4O2+. The lowest BCUT2D eigenvalue weighted by atomic mass is 9.96. The number of carbonyl (C=O) groups is 2. The zero-order valence-electron chi connectivity index (χ0n) is 16.9. The number of amides is 3. The molecule has 1 aliphatic carbocycles. The highest BCUT2D eigenvalue weighted by molar-refractivity contribution is 6.30. The van der Waals surface area contributed by atoms with Gasteiger partial charge in [0.2, 0.25) is 0 Å². The van der Waals surface area contributed by atoms with Crippen molar-refractivity contribution >= 4 is 29.2 Å². The van der Waals surface area contributed by atoms with Crippen LogP contribution in [0.25, 0.3) is 0 Å². The average Bonchev–Trinajstić information content (AvgIpc) is 2.70. The maximum absolute atomic E-state index is 12.5. The maximum Gasteiger partial charge on any atom is 0.321 e. The lowest BCUT2D eigenvalue weighted by Crippen LogP contribution is -3.19. The lowest BCUT2D eigenvalue weighted by molar-refractivity contribution is -0.914. The quantitative estimate of drug-likeness (QED) is 0.714. The molecule has 1 aromatic rings. The summed E-state index contributed by atoms with van der Waals surface area (Å²) in [7, 11) is 0. The van der Waals surface area contributed by atoms with Gasteiger partial charge in [0.05, 0.1) is 26.2 Å². The number of halogens is 1. The molecule has 1 atom stereocenters. The van der Waals surface area contributed by atoms with Gasteiger partial charge in [0.1, 0.15) is 0 Å². The summed E-state index contributed by atoms with van der Waals surface area (Å²) < 4.78 is 0. The second-order valence-corrected chi connectivity index (χ2v) is 8.53. The van der Waals surface area contributed by atoms with Crippen LogP contribution in [0.15, 0.2) is 18.2 Å². The first kappa shape index (κ1) is 20.9. The number of aryl methyl sites for hydroxylation is 1. The van der Waals surface area contributed by atoms with E-state index in [0.29, 0.717) is 0 Å². The third-order valence-electron chi connectivity index (χ3n) is 6.10. The van der Waals surface area contributed by atoms with Gasteiger partial charge in [0.15, 0.2) is 6.04 Å². The van der Waals surface area contributed by atoms with Gasteiger partial charge in [-0.25, -0.2) is 4.79 Å². The number of imide groups is 1. The number of piperazine rings is 1. The Morgan fingerprint density at radius 3 is 2.54 bits per heavy atom. The van der Waals surface area contributed by atoms with E-state index in [1.807, 2.05) is 25.1 Å². The monoisotopic (exact) mass is 407 g/mol. The van der Waals surface area contributed by atoms with Gasteiger partial charge in [0, 0.05) is 16.8 Å². The van der Waals surface area contributed by atoms with E-state index in [4.69, 9.17) is 11.6 Å². The fourth-order valence-electron chi connectivity index (χ4n) is 4.27. The second kappa shape index (κ2) is 9.61. The third-order valence-corrected chi connectivity index (χ3v) is 6.34. The standard InChI is InChI=1S/C21H31ClN4O2/c1-15-8-9-17(22)14-19(15)26-12-10-25(11-13-26)16(2)20(27)24-21(28)23-18-6-4-3-5-7-18/h8-9,14,16,18H,3-7,10-13H2,1-2H3,(H2,23,24,27,28)/p+1/t16-/m0/s1. The number of benzene rings is 1. The number of hydrogen-bond acceptors (Lipinski definition) is 3. The van der Waals surface area contributed by atoms with Crippen molar-refractivity contribution in [2.45, 2.75) is 58.0 Å². The minimum atomic E-state index is -0.351. The molecule has 0 unspecified atom stereocenters. The Morgan fingerprint density at radius 2 is 1.86 bits per heavy atom. The van der Waals surface area contributed by atoms with Crippen molar-refractivity contribution < 1.29 is 14.5 Å². The first-order valence-electron chi connectivity index (χ1n) is 10.4. The van der Waals surface area contributed by atoms with Crippen LogP contribution in [0.2, 0.25) is 5.02 Å². The van der Waals surface area contributed by atoms with Crippen molar-refractivity contribution in [2.24, 2.45) is 0 Å². The molecule has 3 rings (SSSR count). The highest BCUT2D eigenvalue weighted by Crippen LogP contribution is 2.24. The topological polar surface area (TPSA) is 65.9 Å². The molecular weight excluding hydrogens is 376 g/mol. The Balaban J connectivity index is 1.47. The molecule has 0 spiro atoms. The van der Waals surface area contributed by atoms with E-state index in [0.717, 1.165) is 62.6 Å². The summed E-state index contributed by atoms with van der Waals surface area (Å²) in [6, 6.07) is 5.56. The molecule has 0 radical (unpaired) electrons. The van der Waals surface area contributed by atoms with Crippen molar-refractivity contribution in [3.63, 3.8) is 0 Å². The maximum atomic E-state index is 12.5. The van der Waals surface area contributed by atoms with Gasteiger partial charge in [-0.1, -0.05) is 36.9 Å². The molecule has 7 heteroatoms. The average molecular weight is 408 g/mol. The molecule has 0 aromatic heterocycles. The fourth-order valence-corrected chi connectivity index (χ4v) is 4.43. The fraction of sp³-hybridized carbons (Fsp3) is 0.619. The van der Waals surface area contributed by atoms with Crippen molar-refractivity contribution in [3.8, 4) is 0 Å². The number of nitrogens with one attached hydrogen (secondary N) is 3. The normalized spacial score (nSPS) is 19.9. The van der Waals surface area contributed by atoms with Crippen LogP contribution in [0.1, 0.15) is 44.6 Å². The van der Waals surface area contributed by atoms with E-state index in [2.05, 4.69) is 22.5 Å². The van der Waals surface area contributed by atoms with E-state index in [9.17, 15) is 9.59 Å². The van der Waals surface area contributed by atoms with Crippen LogP contribution >= 0.6 is 11.6 Å². The van der Waals surface area contributed by atoms with Crippen molar-refractivity contribution in [1.82, 2.24) is 10.6 Å². The molecule has 3 amide bonds. The summed E-state index contributed by atoms with van der Waals surface area (Å²) in [6.07, 6.45) is 5.55. The molecule has 1 aliphatic heterocycles. The van der Waals surface area contributed by atoms with Crippen LogP contribution in [0, 0.1) is 6.92 Å². The Kier molecular flexibility index (Phi) is 7.18. The van der Waals surface area contributed by atoms with Crippen LogP contribution < -0.4 is 20.4 Å². The molecule has 1 heterocycles. The zero-order chi connectivity index (χ0) is 20.1. The summed E-state index contributed by atoms with van der Waals surface area (Å²) in [5.74, 6) is -0.198. The van der Waals surface area contributed by atoms with Crippen LogP contribution in [0.5, 0.6) is 0 Å². The second-order valence-electron chi connectivity index (χ2n) is 8.10. The molecule has 2 aliphatic rings. The van der Waals surface area contributed by atoms with E-state index in [1.165, 1.54) is 16.9 Å². The Bertz CT molecular complexity index is 698. The lowest BCUT2D eigenvalue weighted by Gasteiger charge is -2.36. The van der Waals surface area contributed by atoms with Crippen molar-refractivity contribution in [2.75, 3.05) is 31.1 Å². The van der Waals surface area contributed by atoms with Crippen LogP contribution in [0.4, 0.5) is 10.5 Å². The molecule has 3 N–H and O–H groups in total. The van der Waals surface area contributed by atoms with Crippen LogP contribution in [-0.4, -0.2) is 50.2 Å². The summed E-state index contributed by atoms with van der Waals surface area (Å²) in [5, 5.41) is 6.23. The first-order valence-corrected chi connectivity index (χ1v) is 10.8. The van der Waals surface area contributed by atoms with Gasteiger partial charge in [-0.2, -0.15) is 0 Å². The van der Waals surface area contributed by atoms with E-state index in [1.54, 1.807) is 0 Å². The summed E-state index contributed by atoms with van der Waals surface area (Å²) in [4.78, 5) is 28.2. The Hall–Kier alpha value is -1.79. The molecule has 1 saturated carbocycles. The predicted octanol–water partition coefficient (Wildman–Crippen LogP) is 1.90. The number of nitrogens with zero attached hydrogens (tertiary/aromatic N) is 1. The molecule has 1 saturated heterocycles. The first-order chi connectivity index (χ1) is 13.4. The number of quaternary nitrogens is 1. The Morgan fingerprint density at radius 1 is 1.18 bits per heavy atom. The number of hydrogen-bond donors (Lipinski definition) is 3. The molecule has 6 nitrogen and oxygen atoms in total. The summed E-state index contributed by atoms with van der Waals surface area (Å²) in [6.45, 7) is 7.42. The van der Waals surface area contributed by atoms with Gasteiger partial charge in [-0.3, -0.25) is 10.1 Å². The number of carbonyl (C=O) groups excluding carboxylic acids is 2. The smallest absolute Gasteiger partial charge is 0.321 e. The van der Waals surface area contributed by atoms with Gasteiger partial charge in [0.25, 0.3) is 5.91 Å². The van der Waals surface area contributed by atoms with Crippen LogP contribution in [-0.2, 0) is 4.79 Å². The minimum Gasteiger partial charge on any atom is -0.360 e. The van der Waals surface area contributed by atoms with Gasteiger partial charge in [-0.05, 0) is 44.4 Å². The van der Waals surface area contributed by atoms with E-state index < -0.39 is 0 Å². The minimum absolute atomic E-state index is 0.198. The van der Waals surface area contributed by atoms with Crippen molar-refractivity contribution in [1.29, 1.82) is 0 Å². The number of anilines is 1. The highest BCUT2D eigenvalue weighted by Gasteiger charge is 2.31. The van der Waals surface area contributed by atoms with Gasteiger partial charge in [-0.15, -0.1) is 0 Å². The largest absolute Gasteiger partial charge is 0.360 e. The van der Waals surface area contributed by atoms with E-state index in [-0.39, 0.29) is 24.0 Å². The predicted molar refractivity (Wildman–Crippen MR) is 112 cm³/mol. The molecule has 1 aromatic carbocycles. The summed E-state index contributed by atoms with van der Waals surface area (Å²) in [5.41, 5.74) is 2.37. The Labute approximate surface area is 172 Å². The highest BCUT2D eigenvalue weighted by atomic mass is 35.5. The summed E-state index contributed by atoms with van der Waals surface area (Å²) >= 11 is 6.15. The van der Waals surface area contributed by atoms with Gasteiger partial charge < -0.3 is 15.1 Å². The molecule has 2 fully saturated rings. The molecule has 154 valence electrons. The third kappa shape index (κ3) is 5.39. The molecule has 28 heavy (non-hydrogen) atoms. The van der Waals surface area contributed by atoms with Crippen LogP contribution in [0.3, 0.4) is 0 Å². The SMILES string of the molecule is Cc1ccc(Cl)cc1N1CC[NH+]([C@@H](C)C(=O)NC(=O)NC2CCCCC2)CC1. The zero-order valence-corrected chi connectivity index (χ0v) is 17.6. The number of rotatable bonds is 4.